The Kier molecular flexibility index (Phi) is 3.55. The minimum atomic E-state index is -0.107. The van der Waals surface area contributed by atoms with Gasteiger partial charge >= 0.3 is 0 Å². The van der Waals surface area contributed by atoms with Gasteiger partial charge in [-0.15, -0.1) is 0 Å². The van der Waals surface area contributed by atoms with Crippen molar-refractivity contribution in [1.29, 1.82) is 0 Å². The van der Waals surface area contributed by atoms with Gasteiger partial charge in [-0.3, -0.25) is 9.48 Å². The molecule has 19 heavy (non-hydrogen) atoms. The molecule has 100 valence electrons. The molecule has 0 fully saturated rings. The van der Waals surface area contributed by atoms with Gasteiger partial charge in [0.05, 0.1) is 17.7 Å². The van der Waals surface area contributed by atoms with E-state index >= 15 is 0 Å². The highest BCUT2D eigenvalue weighted by Gasteiger charge is 2.14. The summed E-state index contributed by atoms with van der Waals surface area (Å²) in [5, 5.41) is 0. The summed E-state index contributed by atoms with van der Waals surface area (Å²) in [4.78, 5) is 18.5. The summed E-state index contributed by atoms with van der Waals surface area (Å²) < 4.78 is 3.44. The molecule has 0 amide bonds. The SMILES string of the molecule is Cc1c(N=CN(C)C)c(=O)n(-c2ccccc2)n1C. The third kappa shape index (κ3) is 2.45. The summed E-state index contributed by atoms with van der Waals surface area (Å²) in [7, 11) is 5.60. The van der Waals surface area contributed by atoms with Crippen LogP contribution in [0.15, 0.2) is 40.1 Å². The van der Waals surface area contributed by atoms with E-state index in [1.807, 2.05) is 63.1 Å². The van der Waals surface area contributed by atoms with Crippen LogP contribution in [0.1, 0.15) is 5.69 Å². The van der Waals surface area contributed by atoms with E-state index in [1.54, 1.807) is 15.9 Å². The van der Waals surface area contributed by atoms with Crippen molar-refractivity contribution in [2.75, 3.05) is 14.1 Å². The smallest absolute Gasteiger partial charge is 0.297 e. The number of rotatable bonds is 3. The molecule has 2 aromatic rings. The van der Waals surface area contributed by atoms with Gasteiger partial charge in [0.1, 0.15) is 0 Å². The second kappa shape index (κ2) is 5.14. The third-order valence-corrected chi connectivity index (χ3v) is 2.94. The van der Waals surface area contributed by atoms with E-state index in [1.165, 1.54) is 0 Å². The normalized spacial score (nSPS) is 11.2. The Hall–Kier alpha value is -2.30. The van der Waals surface area contributed by atoms with Crippen LogP contribution >= 0.6 is 0 Å². The van der Waals surface area contributed by atoms with Crippen molar-refractivity contribution in [2.24, 2.45) is 12.0 Å². The van der Waals surface area contributed by atoms with Crippen molar-refractivity contribution in [1.82, 2.24) is 14.3 Å². The van der Waals surface area contributed by atoms with E-state index in [9.17, 15) is 4.79 Å². The van der Waals surface area contributed by atoms with Gasteiger partial charge in [0, 0.05) is 21.1 Å². The molecular weight excluding hydrogens is 240 g/mol. The molecule has 0 saturated carbocycles. The molecule has 1 aromatic carbocycles. The molecule has 2 rings (SSSR count). The fourth-order valence-electron chi connectivity index (χ4n) is 1.88. The van der Waals surface area contributed by atoms with Crippen LogP contribution in [0, 0.1) is 6.92 Å². The largest absolute Gasteiger partial charge is 0.369 e. The average molecular weight is 258 g/mol. The minimum Gasteiger partial charge on any atom is -0.369 e. The lowest BCUT2D eigenvalue weighted by Gasteiger charge is -2.07. The highest BCUT2D eigenvalue weighted by atomic mass is 16.1. The molecule has 0 radical (unpaired) electrons. The second-order valence-corrected chi connectivity index (χ2v) is 4.62. The number of aromatic nitrogens is 2. The third-order valence-electron chi connectivity index (χ3n) is 2.94. The lowest BCUT2D eigenvalue weighted by Crippen LogP contribution is -2.19. The molecule has 0 spiro atoms. The van der Waals surface area contributed by atoms with Crippen molar-refractivity contribution < 1.29 is 0 Å². The number of para-hydroxylation sites is 1. The minimum absolute atomic E-state index is 0.107. The molecule has 5 nitrogen and oxygen atoms in total. The fraction of sp³-hybridized carbons (Fsp3) is 0.286. The molecular formula is C14H18N4O. The van der Waals surface area contributed by atoms with Gasteiger partial charge in [-0.2, -0.15) is 0 Å². The van der Waals surface area contributed by atoms with Gasteiger partial charge in [0.2, 0.25) is 0 Å². The lowest BCUT2D eigenvalue weighted by atomic mass is 10.3. The molecule has 0 atom stereocenters. The van der Waals surface area contributed by atoms with Crippen LogP contribution in [0.4, 0.5) is 5.69 Å². The Labute approximate surface area is 112 Å². The predicted molar refractivity (Wildman–Crippen MR) is 77.6 cm³/mol. The summed E-state index contributed by atoms with van der Waals surface area (Å²) in [6.07, 6.45) is 1.64. The second-order valence-electron chi connectivity index (χ2n) is 4.62. The van der Waals surface area contributed by atoms with Gasteiger partial charge in [-0.25, -0.2) is 9.67 Å². The standard InChI is InChI=1S/C14H18N4O/c1-11-13(15-10-16(2)3)14(19)18(17(11)4)12-8-6-5-7-9-12/h5-10H,1-4H3. The Bertz CT molecular complexity index is 650. The lowest BCUT2D eigenvalue weighted by molar-refractivity contribution is 0.630. The van der Waals surface area contributed by atoms with Crippen LogP contribution in [0.2, 0.25) is 0 Å². The number of nitrogens with zero attached hydrogens (tertiary/aromatic N) is 4. The zero-order valence-electron chi connectivity index (χ0n) is 11.7. The monoisotopic (exact) mass is 258 g/mol. The molecule has 0 unspecified atom stereocenters. The van der Waals surface area contributed by atoms with E-state index in [-0.39, 0.29) is 5.56 Å². The fourth-order valence-corrected chi connectivity index (χ4v) is 1.88. The first-order valence-electron chi connectivity index (χ1n) is 6.07. The first-order valence-corrected chi connectivity index (χ1v) is 6.07. The van der Waals surface area contributed by atoms with Crippen LogP contribution in [0.3, 0.4) is 0 Å². The Morgan fingerprint density at radius 2 is 1.84 bits per heavy atom. The van der Waals surface area contributed by atoms with Gasteiger partial charge in [0.25, 0.3) is 5.56 Å². The van der Waals surface area contributed by atoms with E-state index < -0.39 is 0 Å². The Morgan fingerprint density at radius 1 is 1.21 bits per heavy atom. The highest BCUT2D eigenvalue weighted by molar-refractivity contribution is 5.61. The summed E-state index contributed by atoms with van der Waals surface area (Å²) >= 11 is 0. The predicted octanol–water partition coefficient (Wildman–Crippen LogP) is 1.71. The highest BCUT2D eigenvalue weighted by Crippen LogP contribution is 2.15. The topological polar surface area (TPSA) is 42.5 Å². The molecule has 0 aliphatic heterocycles. The number of hydrogen-bond acceptors (Lipinski definition) is 2. The van der Waals surface area contributed by atoms with Gasteiger partial charge in [-0.05, 0) is 19.1 Å². The van der Waals surface area contributed by atoms with Gasteiger partial charge in [0.15, 0.2) is 5.69 Å². The molecule has 0 N–H and O–H groups in total. The molecule has 5 heteroatoms. The van der Waals surface area contributed by atoms with Crippen molar-refractivity contribution in [3.8, 4) is 5.69 Å². The van der Waals surface area contributed by atoms with Crippen molar-refractivity contribution >= 4 is 12.0 Å². The molecule has 0 bridgehead atoms. The van der Waals surface area contributed by atoms with E-state index in [4.69, 9.17) is 0 Å². The zero-order valence-corrected chi connectivity index (χ0v) is 11.7. The first kappa shape index (κ1) is 13.1. The van der Waals surface area contributed by atoms with Crippen molar-refractivity contribution in [3.05, 3.63) is 46.4 Å². The van der Waals surface area contributed by atoms with Crippen molar-refractivity contribution in [3.63, 3.8) is 0 Å². The van der Waals surface area contributed by atoms with E-state index in [0.717, 1.165) is 11.4 Å². The molecule has 1 heterocycles. The van der Waals surface area contributed by atoms with Crippen LogP contribution < -0.4 is 5.56 Å². The first-order chi connectivity index (χ1) is 9.02. The van der Waals surface area contributed by atoms with Crippen LogP contribution in [0.5, 0.6) is 0 Å². The summed E-state index contributed by atoms with van der Waals surface area (Å²) in [6, 6.07) is 9.55. The maximum Gasteiger partial charge on any atom is 0.297 e. The summed E-state index contributed by atoms with van der Waals surface area (Å²) in [6.45, 7) is 1.89. The maximum atomic E-state index is 12.4. The van der Waals surface area contributed by atoms with E-state index in [0.29, 0.717) is 5.69 Å². The number of benzene rings is 1. The zero-order chi connectivity index (χ0) is 14.0. The van der Waals surface area contributed by atoms with Gasteiger partial charge < -0.3 is 4.90 Å². The van der Waals surface area contributed by atoms with Crippen LogP contribution in [-0.2, 0) is 7.05 Å². The van der Waals surface area contributed by atoms with Crippen LogP contribution in [0.25, 0.3) is 5.69 Å². The summed E-state index contributed by atoms with van der Waals surface area (Å²) in [5.41, 5.74) is 2.04. The quantitative estimate of drug-likeness (QED) is 0.621. The Balaban J connectivity index is 2.60. The molecule has 1 aromatic heterocycles. The molecule has 0 saturated heterocycles. The van der Waals surface area contributed by atoms with E-state index in [2.05, 4.69) is 4.99 Å². The van der Waals surface area contributed by atoms with Crippen molar-refractivity contribution in [2.45, 2.75) is 6.92 Å². The molecule has 0 aliphatic carbocycles. The van der Waals surface area contributed by atoms with Gasteiger partial charge in [-0.1, -0.05) is 18.2 Å². The Morgan fingerprint density at radius 3 is 2.42 bits per heavy atom. The summed E-state index contributed by atoms with van der Waals surface area (Å²) in [5.74, 6) is 0. The average Bonchev–Trinajstić information content (AvgIpc) is 2.59. The van der Waals surface area contributed by atoms with Crippen LogP contribution in [-0.4, -0.2) is 34.7 Å². The maximum absolute atomic E-state index is 12.4. The number of aliphatic imine (C=N–C) groups is 1. The number of hydrogen-bond donors (Lipinski definition) is 0. The molecule has 0 aliphatic rings.